The number of hydrogen-bond acceptors (Lipinski definition) is 4. The number of halogens is 3. The van der Waals surface area contributed by atoms with Crippen LogP contribution in [0.15, 0.2) is 11.1 Å². The monoisotopic (exact) mass is 327 g/mol. The van der Waals surface area contributed by atoms with Gasteiger partial charge in [0.25, 0.3) is 0 Å². The second kappa shape index (κ2) is 4.96. The molecule has 0 radical (unpaired) electrons. The Morgan fingerprint density at radius 2 is 2.10 bits per heavy atom. The quantitative estimate of drug-likeness (QED) is 0.898. The van der Waals surface area contributed by atoms with Crippen LogP contribution >= 0.6 is 0 Å². The largest absolute Gasteiger partial charge is 0.436 e. The number of aromatic nitrogens is 2. The summed E-state index contributed by atoms with van der Waals surface area (Å²) >= 11 is 0. The number of rotatable bonds is 3. The van der Waals surface area contributed by atoms with E-state index in [1.165, 1.54) is 14.0 Å². The van der Waals surface area contributed by atoms with Gasteiger partial charge in [-0.2, -0.15) is 22.6 Å². The second-order valence-corrected chi connectivity index (χ2v) is 7.18. The molecule has 0 spiro atoms. The van der Waals surface area contributed by atoms with Crippen LogP contribution in [0.25, 0.3) is 0 Å². The van der Waals surface area contributed by atoms with Crippen molar-refractivity contribution in [2.24, 2.45) is 7.05 Å². The second-order valence-electron chi connectivity index (χ2n) is 5.35. The Morgan fingerprint density at radius 1 is 1.48 bits per heavy atom. The Kier molecular flexibility index (Phi) is 3.83. The summed E-state index contributed by atoms with van der Waals surface area (Å²) in [5.74, 6) is 0. The number of aryl methyl sites for hydroxylation is 1. The zero-order valence-corrected chi connectivity index (χ0v) is 12.4. The Hall–Kier alpha value is -1.13. The molecule has 1 N–H and O–H groups in total. The van der Waals surface area contributed by atoms with E-state index in [1.807, 2.05) is 0 Å². The van der Waals surface area contributed by atoms with Gasteiger partial charge in [-0.1, -0.05) is 0 Å². The van der Waals surface area contributed by atoms with E-state index in [2.05, 4.69) is 5.10 Å². The summed E-state index contributed by atoms with van der Waals surface area (Å²) in [7, 11) is -3.16. The van der Waals surface area contributed by atoms with Crippen molar-refractivity contribution in [2.75, 3.05) is 13.2 Å². The topological polar surface area (TPSA) is 75.4 Å². The lowest BCUT2D eigenvalue weighted by atomic mass is 10.0. The van der Waals surface area contributed by atoms with Crippen LogP contribution in [0, 0.1) is 0 Å². The summed E-state index contributed by atoms with van der Waals surface area (Å²) in [6, 6.07) is 0. The molecule has 0 amide bonds. The van der Waals surface area contributed by atoms with Crippen LogP contribution in [-0.2, 0) is 23.2 Å². The van der Waals surface area contributed by atoms with E-state index in [4.69, 9.17) is 0 Å². The van der Waals surface area contributed by atoms with Gasteiger partial charge in [-0.25, -0.2) is 8.42 Å². The smallest absolute Gasteiger partial charge is 0.394 e. The summed E-state index contributed by atoms with van der Waals surface area (Å²) in [4.78, 5) is -0.876. The highest BCUT2D eigenvalue weighted by Gasteiger charge is 2.48. The first kappa shape index (κ1) is 16.2. The van der Waals surface area contributed by atoms with Crippen molar-refractivity contribution >= 4 is 10.0 Å². The van der Waals surface area contributed by atoms with E-state index < -0.39 is 38.9 Å². The molecule has 6 nitrogen and oxygen atoms in total. The molecule has 1 unspecified atom stereocenters. The van der Waals surface area contributed by atoms with Gasteiger partial charge in [-0.3, -0.25) is 4.68 Å². The minimum absolute atomic E-state index is 0.0750. The molecule has 10 heteroatoms. The number of nitrogens with zero attached hydrogens (tertiary/aromatic N) is 3. The third-order valence-corrected chi connectivity index (χ3v) is 5.71. The minimum atomic E-state index is -4.86. The van der Waals surface area contributed by atoms with Crippen molar-refractivity contribution in [3.05, 3.63) is 11.9 Å². The number of alkyl halides is 3. The maximum atomic E-state index is 12.9. The highest BCUT2D eigenvalue weighted by molar-refractivity contribution is 7.89. The fraction of sp³-hybridized carbons (Fsp3) is 0.727. The maximum Gasteiger partial charge on any atom is 0.436 e. The third kappa shape index (κ3) is 2.67. The zero-order chi connectivity index (χ0) is 16.1. The fourth-order valence-electron chi connectivity index (χ4n) is 2.54. The number of hydrogen-bond donors (Lipinski definition) is 1. The first-order chi connectivity index (χ1) is 9.52. The van der Waals surface area contributed by atoms with Crippen molar-refractivity contribution in [1.29, 1.82) is 0 Å². The van der Waals surface area contributed by atoms with Gasteiger partial charge in [0, 0.05) is 19.8 Å². The van der Waals surface area contributed by atoms with E-state index in [0.29, 0.717) is 12.8 Å². The van der Waals surface area contributed by atoms with Gasteiger partial charge in [0.05, 0.1) is 12.1 Å². The molecule has 1 atom stereocenters. The van der Waals surface area contributed by atoms with Crippen molar-refractivity contribution in [3.63, 3.8) is 0 Å². The van der Waals surface area contributed by atoms with E-state index in [9.17, 15) is 26.7 Å². The van der Waals surface area contributed by atoms with Crippen LogP contribution in [0.3, 0.4) is 0 Å². The van der Waals surface area contributed by atoms with Gasteiger partial charge in [-0.05, 0) is 19.8 Å². The summed E-state index contributed by atoms with van der Waals surface area (Å²) in [6.45, 7) is 1.14. The maximum absolute atomic E-state index is 12.9. The molecule has 1 fully saturated rings. The van der Waals surface area contributed by atoms with Crippen LogP contribution < -0.4 is 0 Å². The van der Waals surface area contributed by atoms with Gasteiger partial charge in [-0.15, -0.1) is 0 Å². The van der Waals surface area contributed by atoms with Crippen LogP contribution in [0.5, 0.6) is 0 Å². The van der Waals surface area contributed by atoms with Crippen molar-refractivity contribution < 1.29 is 26.7 Å². The molecule has 0 aromatic carbocycles. The average Bonchev–Trinajstić information content (AvgIpc) is 2.93. The molecule has 0 aliphatic carbocycles. The summed E-state index contributed by atoms with van der Waals surface area (Å²) < 4.78 is 65.7. The predicted octanol–water partition coefficient (Wildman–Crippen LogP) is 0.974. The normalized spacial score (nSPS) is 24.7. The molecule has 1 aliphatic heterocycles. The van der Waals surface area contributed by atoms with Gasteiger partial charge in [0.15, 0.2) is 5.69 Å². The molecule has 1 aromatic rings. The van der Waals surface area contributed by atoms with Crippen LogP contribution in [-0.4, -0.2) is 46.3 Å². The highest BCUT2D eigenvalue weighted by Crippen LogP contribution is 2.38. The average molecular weight is 327 g/mol. The van der Waals surface area contributed by atoms with E-state index >= 15 is 0 Å². The Labute approximate surface area is 120 Å². The van der Waals surface area contributed by atoms with Gasteiger partial charge < -0.3 is 5.11 Å². The zero-order valence-electron chi connectivity index (χ0n) is 11.6. The fourth-order valence-corrected chi connectivity index (χ4v) is 4.56. The molecule has 2 heterocycles. The molecule has 2 rings (SSSR count). The van der Waals surface area contributed by atoms with Crippen LogP contribution in [0.1, 0.15) is 25.5 Å². The van der Waals surface area contributed by atoms with Crippen molar-refractivity contribution in [3.8, 4) is 0 Å². The van der Waals surface area contributed by atoms with Crippen molar-refractivity contribution in [2.45, 2.75) is 36.4 Å². The summed E-state index contributed by atoms with van der Waals surface area (Å²) in [5.41, 5.74) is -2.52. The molecule has 120 valence electrons. The number of aliphatic hydroxyl groups excluding tert-OH is 1. The van der Waals surface area contributed by atoms with Gasteiger partial charge >= 0.3 is 6.18 Å². The molecule has 0 bridgehead atoms. The minimum Gasteiger partial charge on any atom is -0.394 e. The Balaban J connectivity index is 2.56. The number of sulfonamides is 1. The predicted molar refractivity (Wildman–Crippen MR) is 66.8 cm³/mol. The first-order valence-corrected chi connectivity index (χ1v) is 7.71. The lowest BCUT2D eigenvalue weighted by Gasteiger charge is -2.32. The molecule has 1 aromatic heterocycles. The van der Waals surface area contributed by atoms with E-state index in [0.717, 1.165) is 15.2 Å². The molecule has 0 saturated carbocycles. The Bertz CT molecular complexity index is 641. The van der Waals surface area contributed by atoms with E-state index in [1.54, 1.807) is 0 Å². The highest BCUT2D eigenvalue weighted by atomic mass is 32.2. The lowest BCUT2D eigenvalue weighted by molar-refractivity contribution is -0.143. The van der Waals surface area contributed by atoms with Crippen LogP contribution in [0.2, 0.25) is 0 Å². The van der Waals surface area contributed by atoms with E-state index in [-0.39, 0.29) is 6.54 Å². The first-order valence-electron chi connectivity index (χ1n) is 6.27. The van der Waals surface area contributed by atoms with Crippen LogP contribution in [0.4, 0.5) is 13.2 Å². The molecule has 1 aliphatic rings. The van der Waals surface area contributed by atoms with Gasteiger partial charge in [0.2, 0.25) is 10.0 Å². The molecular weight excluding hydrogens is 311 g/mol. The van der Waals surface area contributed by atoms with Crippen molar-refractivity contribution in [1.82, 2.24) is 14.1 Å². The standard InChI is InChI=1S/C11H16F3N3O3S/c1-10(7-18)4-3-5-17(10)21(19,20)8-6-16(2)15-9(8)11(12,13)14/h6,18H,3-5,7H2,1-2H3. The Morgan fingerprint density at radius 3 is 2.62 bits per heavy atom. The molecule has 21 heavy (non-hydrogen) atoms. The van der Waals surface area contributed by atoms with Gasteiger partial charge in [0.1, 0.15) is 4.90 Å². The lowest BCUT2D eigenvalue weighted by Crippen LogP contribution is -2.47. The number of aliphatic hydroxyl groups is 1. The molecular formula is C11H16F3N3O3S. The SMILES string of the molecule is Cn1cc(S(=O)(=O)N2CCCC2(C)CO)c(C(F)(F)F)n1. The summed E-state index contributed by atoms with van der Waals surface area (Å²) in [5, 5.41) is 12.6. The molecule has 1 saturated heterocycles. The third-order valence-electron chi connectivity index (χ3n) is 3.65. The summed E-state index contributed by atoms with van der Waals surface area (Å²) in [6.07, 6.45) is -3.14.